The maximum atomic E-state index is 13.7. The number of hydrogen-bond acceptors (Lipinski definition) is 10. The van der Waals surface area contributed by atoms with Crippen molar-refractivity contribution in [2.24, 2.45) is 10.7 Å². The molecule has 0 aromatic heterocycles. The minimum atomic E-state index is -3.75. The summed E-state index contributed by atoms with van der Waals surface area (Å²) in [5.74, 6) is -0.558. The highest BCUT2D eigenvalue weighted by Crippen LogP contribution is 2.41. The van der Waals surface area contributed by atoms with E-state index in [0.717, 1.165) is 17.5 Å². The molecule has 0 bridgehead atoms. The molecule has 46 heavy (non-hydrogen) atoms. The van der Waals surface area contributed by atoms with Gasteiger partial charge in [-0.25, -0.2) is 0 Å². The second kappa shape index (κ2) is 13.3. The molecule has 5 rings (SSSR count). The fourth-order valence-corrected chi connectivity index (χ4v) is 5.54. The van der Waals surface area contributed by atoms with Gasteiger partial charge in [-0.1, -0.05) is 18.2 Å². The van der Waals surface area contributed by atoms with E-state index < -0.39 is 34.0 Å². The Morgan fingerprint density at radius 2 is 1.76 bits per heavy atom. The van der Waals surface area contributed by atoms with Crippen LogP contribution in [-0.4, -0.2) is 63.8 Å². The third-order valence-electron chi connectivity index (χ3n) is 7.45. The zero-order valence-electron chi connectivity index (χ0n) is 25.8. The van der Waals surface area contributed by atoms with Crippen LogP contribution in [0.25, 0.3) is 0 Å². The van der Waals surface area contributed by atoms with Gasteiger partial charge in [0.15, 0.2) is 11.5 Å². The van der Waals surface area contributed by atoms with Crippen molar-refractivity contribution in [1.29, 1.82) is 0 Å². The van der Waals surface area contributed by atoms with Crippen LogP contribution in [0, 0.1) is 0 Å². The van der Waals surface area contributed by atoms with Crippen LogP contribution in [0.1, 0.15) is 40.9 Å². The second-order valence-corrected chi connectivity index (χ2v) is 12.8. The number of ether oxygens (including phenoxy) is 2. The lowest BCUT2D eigenvalue weighted by Gasteiger charge is -2.22. The molecule has 3 aromatic rings. The molecule has 242 valence electrons. The van der Waals surface area contributed by atoms with E-state index in [1.807, 2.05) is 24.3 Å². The lowest BCUT2D eigenvalue weighted by atomic mass is 10.1. The first kappa shape index (κ1) is 32.6. The molecule has 0 radical (unpaired) electrons. The number of carbonyl (C=O) groups is 3. The van der Waals surface area contributed by atoms with Gasteiger partial charge in [0, 0.05) is 30.1 Å². The van der Waals surface area contributed by atoms with Gasteiger partial charge in [-0.3, -0.25) is 28.5 Å². The quantitative estimate of drug-likeness (QED) is 0.264. The van der Waals surface area contributed by atoms with Crippen molar-refractivity contribution < 1.29 is 36.5 Å². The number of nitrogens with zero attached hydrogens (tertiary/aromatic N) is 2. The SMILES string of the molecule is COc1cc2c(cc1OCc1cc(COS(C)(=O)=O)cc(NC(=O)[C@H](C)NC(=O)[C@H](C)N)c1)N=C[C@@H]1Cc3ccccc3N1C2=O. The van der Waals surface area contributed by atoms with Crippen LogP contribution in [0.3, 0.4) is 0 Å². The average molecular weight is 650 g/mol. The molecular weight excluding hydrogens is 614 g/mol. The molecular formula is C32H35N5O8S. The standard InChI is InChI=1S/C32H35N5O8S/c1-18(33)30(38)35-19(2)31(39)36-23-10-20(9-21(11-23)17-45-46(4,41)42)16-44-29-14-26-25(13-28(29)43-3)32(40)37-24(15-34-26)12-22-7-5-6-8-27(22)37/h5-11,13-15,18-19,24H,12,16-17,33H2,1-4H3,(H,35,38)(H,36,39)/t18-,19-,24-/m0/s1. The Bertz CT molecular complexity index is 1820. The zero-order valence-corrected chi connectivity index (χ0v) is 26.6. The van der Waals surface area contributed by atoms with Crippen LogP contribution in [-0.2, 0) is 43.5 Å². The number of nitrogens with two attached hydrogens (primary N) is 1. The van der Waals surface area contributed by atoms with Gasteiger partial charge in [0.1, 0.15) is 12.6 Å². The van der Waals surface area contributed by atoms with Crippen molar-refractivity contribution in [3.8, 4) is 11.5 Å². The number of fused-ring (bicyclic) bond motifs is 4. The highest BCUT2D eigenvalue weighted by atomic mass is 32.2. The molecule has 0 unspecified atom stereocenters. The number of methoxy groups -OCH3 is 1. The summed E-state index contributed by atoms with van der Waals surface area (Å²) in [6.07, 6.45) is 3.36. The van der Waals surface area contributed by atoms with Gasteiger partial charge in [-0.2, -0.15) is 8.42 Å². The fraction of sp³-hybridized carbons (Fsp3) is 0.312. The zero-order chi connectivity index (χ0) is 33.2. The summed E-state index contributed by atoms with van der Waals surface area (Å²) in [7, 11) is -2.28. The molecule has 4 N–H and O–H groups in total. The first-order valence-electron chi connectivity index (χ1n) is 14.5. The Balaban J connectivity index is 1.39. The number of hydrogen-bond donors (Lipinski definition) is 3. The predicted molar refractivity (Wildman–Crippen MR) is 172 cm³/mol. The first-order valence-corrected chi connectivity index (χ1v) is 16.3. The summed E-state index contributed by atoms with van der Waals surface area (Å²) in [6.45, 7) is 2.70. The van der Waals surface area contributed by atoms with Crippen LogP contribution < -0.4 is 30.7 Å². The normalized spacial score (nSPS) is 16.4. The Morgan fingerprint density at radius 3 is 2.46 bits per heavy atom. The maximum absolute atomic E-state index is 13.7. The van der Waals surface area contributed by atoms with Crippen LogP contribution in [0.2, 0.25) is 0 Å². The summed E-state index contributed by atoms with van der Waals surface area (Å²) in [4.78, 5) is 44.8. The molecule has 2 heterocycles. The minimum Gasteiger partial charge on any atom is -0.493 e. The van der Waals surface area contributed by atoms with E-state index in [9.17, 15) is 22.8 Å². The van der Waals surface area contributed by atoms with Crippen LogP contribution in [0.4, 0.5) is 17.1 Å². The van der Waals surface area contributed by atoms with E-state index in [2.05, 4.69) is 15.6 Å². The second-order valence-electron chi connectivity index (χ2n) is 11.2. The summed E-state index contributed by atoms with van der Waals surface area (Å²) in [5.41, 5.74) is 9.64. The van der Waals surface area contributed by atoms with E-state index in [4.69, 9.17) is 19.4 Å². The minimum absolute atomic E-state index is 0.0263. The number of para-hydroxylation sites is 1. The number of nitrogens with one attached hydrogen (secondary N) is 2. The highest BCUT2D eigenvalue weighted by Gasteiger charge is 2.36. The lowest BCUT2D eigenvalue weighted by Crippen LogP contribution is -2.47. The Hall–Kier alpha value is -4.79. The predicted octanol–water partition coefficient (Wildman–Crippen LogP) is 2.83. The molecule has 0 fully saturated rings. The van der Waals surface area contributed by atoms with E-state index in [0.29, 0.717) is 46.0 Å². The van der Waals surface area contributed by atoms with Gasteiger partial charge < -0.3 is 25.8 Å². The van der Waals surface area contributed by atoms with Crippen molar-refractivity contribution in [2.45, 2.75) is 51.6 Å². The largest absolute Gasteiger partial charge is 0.493 e. The van der Waals surface area contributed by atoms with Gasteiger partial charge in [0.2, 0.25) is 11.8 Å². The Morgan fingerprint density at radius 1 is 1.04 bits per heavy atom. The van der Waals surface area contributed by atoms with Crippen LogP contribution >= 0.6 is 0 Å². The van der Waals surface area contributed by atoms with Crippen molar-refractivity contribution >= 4 is 51.1 Å². The smallest absolute Gasteiger partial charge is 0.264 e. The molecule has 13 nitrogen and oxygen atoms in total. The number of carbonyl (C=O) groups excluding carboxylic acids is 3. The van der Waals surface area contributed by atoms with E-state index in [-0.39, 0.29) is 25.2 Å². The summed E-state index contributed by atoms with van der Waals surface area (Å²) >= 11 is 0. The van der Waals surface area contributed by atoms with Gasteiger partial charge in [0.05, 0.1) is 43.3 Å². The highest BCUT2D eigenvalue weighted by molar-refractivity contribution is 7.85. The number of anilines is 2. The molecule has 0 saturated heterocycles. The monoisotopic (exact) mass is 649 g/mol. The number of rotatable bonds is 11. The number of amides is 3. The Kier molecular flexibility index (Phi) is 9.42. The number of aliphatic imine (C=N–C) groups is 1. The molecule has 3 atom stereocenters. The van der Waals surface area contributed by atoms with E-state index in [1.165, 1.54) is 21.0 Å². The first-order chi connectivity index (χ1) is 21.8. The lowest BCUT2D eigenvalue weighted by molar-refractivity contribution is -0.126. The van der Waals surface area contributed by atoms with E-state index in [1.54, 1.807) is 41.4 Å². The molecule has 3 amide bonds. The van der Waals surface area contributed by atoms with Crippen molar-refractivity contribution in [3.05, 3.63) is 76.9 Å². The average Bonchev–Trinajstić information content (AvgIpc) is 3.33. The molecule has 2 aliphatic heterocycles. The Labute approximate surface area is 266 Å². The third-order valence-corrected chi connectivity index (χ3v) is 7.99. The van der Waals surface area contributed by atoms with Crippen LogP contribution in [0.5, 0.6) is 11.5 Å². The third kappa shape index (κ3) is 7.36. The van der Waals surface area contributed by atoms with Crippen molar-refractivity contribution in [1.82, 2.24) is 5.32 Å². The maximum Gasteiger partial charge on any atom is 0.264 e. The van der Waals surface area contributed by atoms with E-state index >= 15 is 0 Å². The molecule has 3 aromatic carbocycles. The van der Waals surface area contributed by atoms with Gasteiger partial charge >= 0.3 is 0 Å². The summed E-state index contributed by atoms with van der Waals surface area (Å²) in [6, 6.07) is 14.0. The molecule has 0 saturated carbocycles. The summed E-state index contributed by atoms with van der Waals surface area (Å²) in [5, 5.41) is 5.25. The van der Waals surface area contributed by atoms with Crippen molar-refractivity contribution in [2.75, 3.05) is 23.6 Å². The van der Waals surface area contributed by atoms with Gasteiger partial charge in [-0.05, 0) is 60.9 Å². The molecule has 0 spiro atoms. The van der Waals surface area contributed by atoms with Gasteiger partial charge in [0.25, 0.3) is 16.0 Å². The van der Waals surface area contributed by atoms with Gasteiger partial charge in [-0.15, -0.1) is 0 Å². The summed E-state index contributed by atoms with van der Waals surface area (Å²) < 4.78 is 40.0. The van der Waals surface area contributed by atoms with Crippen molar-refractivity contribution in [3.63, 3.8) is 0 Å². The fourth-order valence-electron chi connectivity index (χ4n) is 5.19. The topological polar surface area (TPSA) is 179 Å². The number of benzene rings is 3. The molecule has 2 aliphatic rings. The van der Waals surface area contributed by atoms with Crippen LogP contribution in [0.15, 0.2) is 59.6 Å². The molecule has 14 heteroatoms. The molecule has 0 aliphatic carbocycles.